The number of hydrogen-bond donors (Lipinski definition) is 0. The van der Waals surface area contributed by atoms with Crippen molar-refractivity contribution < 1.29 is 9.53 Å². The van der Waals surface area contributed by atoms with E-state index in [1.807, 2.05) is 42.5 Å². The molecule has 0 aliphatic rings. The maximum absolute atomic E-state index is 12.2. The second-order valence-electron chi connectivity index (χ2n) is 11.4. The molecule has 2 aromatic heterocycles. The summed E-state index contributed by atoms with van der Waals surface area (Å²) in [7, 11) is 0. The minimum Gasteiger partial charge on any atom is -0.466 e. The Morgan fingerprint density at radius 3 is 2.20 bits per heavy atom. The van der Waals surface area contributed by atoms with Gasteiger partial charge in [-0.3, -0.25) is 4.79 Å². The van der Waals surface area contributed by atoms with E-state index in [0.717, 1.165) is 56.9 Å². The van der Waals surface area contributed by atoms with Crippen LogP contribution in [0.5, 0.6) is 0 Å². The number of azo groups is 2. The number of nitrogens with zero attached hydrogens (tertiary/aromatic N) is 6. The minimum atomic E-state index is -0.136. The van der Waals surface area contributed by atoms with Crippen LogP contribution in [0.25, 0.3) is 9.53 Å². The first-order valence-corrected chi connectivity index (χ1v) is 17.3. The Labute approximate surface area is 269 Å². The van der Waals surface area contributed by atoms with Crippen molar-refractivity contribution in [3.8, 4) is 0 Å². The summed E-state index contributed by atoms with van der Waals surface area (Å²) in [6.45, 7) is 13.5. The molecule has 0 fully saturated rings. The summed E-state index contributed by atoms with van der Waals surface area (Å²) in [5.41, 5.74) is 3.81. The number of benzene rings is 2. The third kappa shape index (κ3) is 10.6. The molecule has 4 aromatic rings. The SMILES string of the molecule is CCN(CC)c1ccc(/N=N/c2nc3sc(/N=N/c4ccc(CCC(=O)OCCC(C)CCCC(C)C)cc4)cc3s2)cc1. The van der Waals surface area contributed by atoms with E-state index in [9.17, 15) is 4.79 Å². The van der Waals surface area contributed by atoms with Gasteiger partial charge in [0.05, 0.1) is 22.7 Å². The van der Waals surface area contributed by atoms with E-state index in [1.54, 1.807) is 0 Å². The van der Waals surface area contributed by atoms with Gasteiger partial charge in [-0.2, -0.15) is 0 Å². The summed E-state index contributed by atoms with van der Waals surface area (Å²) in [6.07, 6.45) is 5.66. The Hall–Kier alpha value is -3.50. The van der Waals surface area contributed by atoms with E-state index in [1.165, 1.54) is 47.6 Å². The van der Waals surface area contributed by atoms with Crippen molar-refractivity contribution in [3.63, 3.8) is 0 Å². The molecular weight excluding hydrogens is 589 g/mol. The number of carbonyl (C=O) groups excluding carboxylic acids is 1. The molecule has 0 N–H and O–H groups in total. The number of aryl methyl sites for hydroxylation is 1. The quantitative estimate of drug-likeness (QED) is 0.0855. The van der Waals surface area contributed by atoms with Gasteiger partial charge in [0.25, 0.3) is 0 Å². The summed E-state index contributed by atoms with van der Waals surface area (Å²) in [4.78, 5) is 19.9. The molecule has 0 spiro atoms. The number of ether oxygens (including phenoxy) is 1. The van der Waals surface area contributed by atoms with Crippen molar-refractivity contribution in [3.05, 3.63) is 60.2 Å². The van der Waals surface area contributed by atoms with Gasteiger partial charge in [-0.15, -0.1) is 20.5 Å². The fourth-order valence-electron chi connectivity index (χ4n) is 4.77. The van der Waals surface area contributed by atoms with E-state index in [-0.39, 0.29) is 5.97 Å². The lowest BCUT2D eigenvalue weighted by atomic mass is 9.98. The van der Waals surface area contributed by atoms with Gasteiger partial charge >= 0.3 is 5.97 Å². The van der Waals surface area contributed by atoms with Crippen LogP contribution in [-0.4, -0.2) is 30.6 Å². The molecule has 0 saturated carbocycles. The molecule has 0 amide bonds. The fourth-order valence-corrected chi connectivity index (χ4v) is 6.62. The van der Waals surface area contributed by atoms with Crippen LogP contribution in [0.1, 0.15) is 72.3 Å². The first-order valence-electron chi connectivity index (χ1n) is 15.7. The molecule has 0 bridgehead atoms. The number of anilines is 1. The summed E-state index contributed by atoms with van der Waals surface area (Å²) in [5, 5.41) is 18.9. The van der Waals surface area contributed by atoms with Crippen LogP contribution in [0, 0.1) is 11.8 Å². The molecule has 234 valence electrons. The molecule has 1 unspecified atom stereocenters. The van der Waals surface area contributed by atoms with Crippen LogP contribution in [0.15, 0.2) is 75.1 Å². The lowest BCUT2D eigenvalue weighted by Gasteiger charge is -2.20. The number of rotatable bonds is 17. The second-order valence-corrected chi connectivity index (χ2v) is 13.5. The Bertz CT molecular complexity index is 1470. The highest BCUT2D eigenvalue weighted by molar-refractivity contribution is 7.30. The van der Waals surface area contributed by atoms with Crippen LogP contribution in [0.2, 0.25) is 0 Å². The number of esters is 1. The molecule has 0 aliphatic carbocycles. The maximum atomic E-state index is 12.2. The van der Waals surface area contributed by atoms with Crippen LogP contribution < -0.4 is 4.90 Å². The average molecular weight is 633 g/mol. The molecule has 1 atom stereocenters. The van der Waals surface area contributed by atoms with E-state index in [0.29, 0.717) is 30.5 Å². The van der Waals surface area contributed by atoms with Crippen LogP contribution >= 0.6 is 22.7 Å². The third-order valence-corrected chi connectivity index (χ3v) is 9.39. The molecule has 2 heterocycles. The number of fused-ring (bicyclic) bond motifs is 1. The summed E-state index contributed by atoms with van der Waals surface area (Å²) in [6, 6.07) is 17.9. The number of thiazole rings is 1. The average Bonchev–Trinajstić information content (AvgIpc) is 3.58. The van der Waals surface area contributed by atoms with Crippen molar-refractivity contribution in [1.29, 1.82) is 0 Å². The van der Waals surface area contributed by atoms with Gasteiger partial charge in [0.15, 0.2) is 0 Å². The molecule has 10 heteroatoms. The third-order valence-electron chi connectivity index (χ3n) is 7.46. The number of thiophene rings is 1. The van der Waals surface area contributed by atoms with Gasteiger partial charge in [-0.25, -0.2) is 4.98 Å². The number of carbonyl (C=O) groups is 1. The van der Waals surface area contributed by atoms with Crippen molar-refractivity contribution in [1.82, 2.24) is 4.98 Å². The molecule has 44 heavy (non-hydrogen) atoms. The van der Waals surface area contributed by atoms with Gasteiger partial charge in [-0.05, 0) is 86.6 Å². The molecule has 0 saturated heterocycles. The zero-order valence-electron chi connectivity index (χ0n) is 26.5. The number of aromatic nitrogens is 1. The summed E-state index contributed by atoms with van der Waals surface area (Å²) in [5.74, 6) is 1.20. The topological polar surface area (TPSA) is 91.9 Å². The van der Waals surface area contributed by atoms with Crippen molar-refractivity contribution in [2.45, 2.75) is 73.1 Å². The van der Waals surface area contributed by atoms with Crippen LogP contribution in [0.3, 0.4) is 0 Å². The first kappa shape index (κ1) is 33.4. The smallest absolute Gasteiger partial charge is 0.306 e. The zero-order chi connectivity index (χ0) is 31.3. The lowest BCUT2D eigenvalue weighted by Crippen LogP contribution is -2.21. The highest BCUT2D eigenvalue weighted by Gasteiger charge is 2.10. The summed E-state index contributed by atoms with van der Waals surface area (Å²) < 4.78 is 6.47. The normalized spacial score (nSPS) is 12.6. The van der Waals surface area contributed by atoms with E-state index in [4.69, 9.17) is 4.74 Å². The standard InChI is InChI=1S/C34H44N6O2S2/c1-6-40(7-2)29-18-16-28(17-19-29)37-39-34-35-33-30(43-34)23-31(44-33)38-36-27-14-11-26(12-15-27)13-20-32(41)42-22-21-25(5)10-8-9-24(3)4/h11-12,14-19,23-25H,6-10,13,20-22H2,1-5H3/b38-36+,39-37+. The largest absolute Gasteiger partial charge is 0.466 e. The Morgan fingerprint density at radius 2 is 1.55 bits per heavy atom. The highest BCUT2D eigenvalue weighted by Crippen LogP contribution is 2.39. The zero-order valence-corrected chi connectivity index (χ0v) is 28.2. The molecule has 4 rings (SSSR count). The molecule has 0 aliphatic heterocycles. The molecule has 0 radical (unpaired) electrons. The predicted octanol–water partition coefficient (Wildman–Crippen LogP) is 11.4. The minimum absolute atomic E-state index is 0.136. The maximum Gasteiger partial charge on any atom is 0.306 e. The monoisotopic (exact) mass is 632 g/mol. The molecule has 8 nitrogen and oxygen atoms in total. The van der Waals surface area contributed by atoms with Gasteiger partial charge in [0.1, 0.15) is 9.83 Å². The van der Waals surface area contributed by atoms with Gasteiger partial charge in [-0.1, -0.05) is 74.8 Å². The Kier molecular flexibility index (Phi) is 13.0. The van der Waals surface area contributed by atoms with Crippen LogP contribution in [-0.2, 0) is 16.0 Å². The predicted molar refractivity (Wildman–Crippen MR) is 184 cm³/mol. The fraction of sp³-hybridized carbons (Fsp3) is 0.471. The molecular formula is C34H44N6O2S2. The number of hydrogen-bond acceptors (Lipinski definition) is 10. The molecule has 2 aromatic carbocycles. The van der Waals surface area contributed by atoms with Gasteiger partial charge < -0.3 is 9.64 Å². The van der Waals surface area contributed by atoms with Gasteiger partial charge in [0, 0.05) is 25.2 Å². The van der Waals surface area contributed by atoms with Crippen molar-refractivity contribution >= 4 is 65.4 Å². The van der Waals surface area contributed by atoms with E-state index < -0.39 is 0 Å². The Morgan fingerprint density at radius 1 is 0.864 bits per heavy atom. The van der Waals surface area contributed by atoms with E-state index in [2.05, 4.69) is 77.1 Å². The Balaban J connectivity index is 1.20. The first-order chi connectivity index (χ1) is 21.3. The second kappa shape index (κ2) is 17.1. The van der Waals surface area contributed by atoms with Gasteiger partial charge in [0.2, 0.25) is 5.13 Å². The van der Waals surface area contributed by atoms with Crippen molar-refractivity contribution in [2.75, 3.05) is 24.6 Å². The summed E-state index contributed by atoms with van der Waals surface area (Å²) >= 11 is 2.96. The highest BCUT2D eigenvalue weighted by atomic mass is 32.1. The van der Waals surface area contributed by atoms with Crippen LogP contribution in [0.4, 0.5) is 27.2 Å². The lowest BCUT2D eigenvalue weighted by molar-refractivity contribution is -0.143. The van der Waals surface area contributed by atoms with Crippen molar-refractivity contribution in [2.24, 2.45) is 32.3 Å². The van der Waals surface area contributed by atoms with E-state index >= 15 is 0 Å².